The normalized spacial score (nSPS) is 20.3. The van der Waals surface area contributed by atoms with Crippen LogP contribution < -0.4 is 4.90 Å². The van der Waals surface area contributed by atoms with E-state index in [1.807, 2.05) is 35.9 Å². The Labute approximate surface area is 158 Å². The van der Waals surface area contributed by atoms with Crippen molar-refractivity contribution < 1.29 is 0 Å². The molecule has 0 radical (unpaired) electrons. The number of aryl methyl sites for hydroxylation is 2. The number of thiophene rings is 1. The molecule has 4 heterocycles. The van der Waals surface area contributed by atoms with Gasteiger partial charge in [-0.25, -0.2) is 9.97 Å². The van der Waals surface area contributed by atoms with E-state index < -0.39 is 0 Å². The van der Waals surface area contributed by atoms with Gasteiger partial charge in [0.1, 0.15) is 10.6 Å². The molecule has 0 N–H and O–H groups in total. The van der Waals surface area contributed by atoms with Gasteiger partial charge in [0.25, 0.3) is 0 Å². The maximum absolute atomic E-state index is 5.10. The van der Waals surface area contributed by atoms with E-state index in [-0.39, 0.29) is 0 Å². The number of hydrogen-bond acceptors (Lipinski definition) is 5. The molecule has 1 aliphatic carbocycles. The van der Waals surface area contributed by atoms with E-state index in [4.69, 9.17) is 9.97 Å². The first-order valence-electron chi connectivity index (χ1n) is 9.77. The minimum Gasteiger partial charge on any atom is -0.356 e. The molecular formula is C21H24N4S. The van der Waals surface area contributed by atoms with Gasteiger partial charge in [-0.15, -0.1) is 11.3 Å². The molecular weight excluding hydrogens is 340 g/mol. The van der Waals surface area contributed by atoms with E-state index in [1.165, 1.54) is 60.1 Å². The average Bonchev–Trinajstić information content (AvgIpc) is 3.06. The lowest BCUT2D eigenvalue weighted by Gasteiger charge is -2.32. The van der Waals surface area contributed by atoms with Crippen molar-refractivity contribution in [3.8, 4) is 11.4 Å². The summed E-state index contributed by atoms with van der Waals surface area (Å²) in [6.45, 7) is 4.57. The van der Waals surface area contributed by atoms with Gasteiger partial charge < -0.3 is 4.90 Å². The highest BCUT2D eigenvalue weighted by Crippen LogP contribution is 2.41. The van der Waals surface area contributed by atoms with Crippen LogP contribution in [0.15, 0.2) is 24.5 Å². The molecule has 2 aliphatic rings. The molecule has 26 heavy (non-hydrogen) atoms. The van der Waals surface area contributed by atoms with Crippen LogP contribution >= 0.6 is 11.3 Å². The third-order valence-electron chi connectivity index (χ3n) is 5.69. The van der Waals surface area contributed by atoms with Gasteiger partial charge in [0.2, 0.25) is 0 Å². The average molecular weight is 365 g/mol. The molecule has 1 atom stereocenters. The van der Waals surface area contributed by atoms with Crippen LogP contribution in [-0.4, -0.2) is 28.0 Å². The highest BCUT2D eigenvalue weighted by Gasteiger charge is 2.26. The standard InChI is InChI=1S/C21H24N4S/c1-14-5-4-12-25(13-14)20-18-16-6-2-3-7-17(16)26-21(18)24-19(23-20)15-8-10-22-11-9-15/h8-11,14H,2-7,12-13H2,1H3/t14-/m1/s1. The quantitative estimate of drug-likeness (QED) is 0.651. The number of fused-ring (bicyclic) bond motifs is 3. The van der Waals surface area contributed by atoms with E-state index >= 15 is 0 Å². The molecule has 3 aromatic rings. The number of piperidine rings is 1. The van der Waals surface area contributed by atoms with E-state index in [9.17, 15) is 0 Å². The van der Waals surface area contributed by atoms with Gasteiger partial charge in [-0.2, -0.15) is 0 Å². The number of pyridine rings is 1. The topological polar surface area (TPSA) is 41.9 Å². The molecule has 5 heteroatoms. The monoisotopic (exact) mass is 364 g/mol. The number of aromatic nitrogens is 3. The van der Waals surface area contributed by atoms with Crippen LogP contribution in [0, 0.1) is 5.92 Å². The maximum Gasteiger partial charge on any atom is 0.163 e. The van der Waals surface area contributed by atoms with Crippen molar-refractivity contribution in [1.82, 2.24) is 15.0 Å². The van der Waals surface area contributed by atoms with Gasteiger partial charge in [-0.05, 0) is 62.1 Å². The summed E-state index contributed by atoms with van der Waals surface area (Å²) in [4.78, 5) is 19.5. The lowest BCUT2D eigenvalue weighted by Crippen LogP contribution is -2.35. The van der Waals surface area contributed by atoms with Crippen LogP contribution in [-0.2, 0) is 12.8 Å². The molecule has 0 bridgehead atoms. The van der Waals surface area contributed by atoms with Crippen molar-refractivity contribution in [2.75, 3.05) is 18.0 Å². The van der Waals surface area contributed by atoms with Crippen molar-refractivity contribution >= 4 is 27.4 Å². The summed E-state index contributed by atoms with van der Waals surface area (Å²) in [7, 11) is 0. The zero-order valence-corrected chi connectivity index (χ0v) is 16.1. The molecule has 0 unspecified atom stereocenters. The lowest BCUT2D eigenvalue weighted by atomic mass is 9.96. The fourth-order valence-electron chi connectivity index (χ4n) is 4.38. The number of nitrogens with zero attached hydrogens (tertiary/aromatic N) is 4. The van der Waals surface area contributed by atoms with Crippen molar-refractivity contribution in [2.24, 2.45) is 5.92 Å². The van der Waals surface area contributed by atoms with Gasteiger partial charge in [0.15, 0.2) is 5.82 Å². The Hall–Kier alpha value is -2.01. The second-order valence-corrected chi connectivity index (χ2v) is 8.77. The zero-order chi connectivity index (χ0) is 17.5. The number of anilines is 1. The predicted molar refractivity (Wildman–Crippen MR) is 108 cm³/mol. The Bertz CT molecular complexity index is 934. The van der Waals surface area contributed by atoms with Crippen LogP contribution in [0.4, 0.5) is 5.82 Å². The van der Waals surface area contributed by atoms with Crippen LogP contribution in [0.2, 0.25) is 0 Å². The van der Waals surface area contributed by atoms with E-state index in [0.29, 0.717) is 0 Å². The van der Waals surface area contributed by atoms with Crippen LogP contribution in [0.3, 0.4) is 0 Å². The van der Waals surface area contributed by atoms with Gasteiger partial charge in [0, 0.05) is 35.9 Å². The van der Waals surface area contributed by atoms with Crippen molar-refractivity contribution in [2.45, 2.75) is 45.4 Å². The van der Waals surface area contributed by atoms with E-state index in [0.717, 1.165) is 30.4 Å². The first kappa shape index (κ1) is 16.2. The van der Waals surface area contributed by atoms with E-state index in [2.05, 4.69) is 16.8 Å². The molecule has 5 rings (SSSR count). The van der Waals surface area contributed by atoms with Crippen LogP contribution in [0.5, 0.6) is 0 Å². The molecule has 3 aromatic heterocycles. The third-order valence-corrected chi connectivity index (χ3v) is 6.88. The second kappa shape index (κ2) is 6.62. The van der Waals surface area contributed by atoms with Gasteiger partial charge in [-0.3, -0.25) is 4.98 Å². The van der Waals surface area contributed by atoms with Crippen molar-refractivity contribution in [3.63, 3.8) is 0 Å². The highest BCUT2D eigenvalue weighted by atomic mass is 32.1. The Morgan fingerprint density at radius 1 is 1.08 bits per heavy atom. The summed E-state index contributed by atoms with van der Waals surface area (Å²) in [5.74, 6) is 2.74. The highest BCUT2D eigenvalue weighted by molar-refractivity contribution is 7.19. The summed E-state index contributed by atoms with van der Waals surface area (Å²) in [5.41, 5.74) is 2.59. The largest absolute Gasteiger partial charge is 0.356 e. The van der Waals surface area contributed by atoms with E-state index in [1.54, 1.807) is 4.88 Å². The summed E-state index contributed by atoms with van der Waals surface area (Å²) in [6, 6.07) is 4.02. The Morgan fingerprint density at radius 3 is 2.77 bits per heavy atom. The molecule has 0 spiro atoms. The maximum atomic E-state index is 5.10. The lowest BCUT2D eigenvalue weighted by molar-refractivity contribution is 0.445. The fraction of sp³-hybridized carbons (Fsp3) is 0.476. The third kappa shape index (κ3) is 2.78. The molecule has 0 saturated carbocycles. The summed E-state index contributed by atoms with van der Waals surface area (Å²) in [5, 5.41) is 1.34. The molecule has 4 nitrogen and oxygen atoms in total. The van der Waals surface area contributed by atoms with Crippen LogP contribution in [0.25, 0.3) is 21.6 Å². The van der Waals surface area contributed by atoms with Crippen molar-refractivity contribution in [1.29, 1.82) is 0 Å². The number of hydrogen-bond donors (Lipinski definition) is 0. The molecule has 0 aromatic carbocycles. The van der Waals surface area contributed by atoms with Gasteiger partial charge in [0.05, 0.1) is 5.39 Å². The molecule has 134 valence electrons. The second-order valence-electron chi connectivity index (χ2n) is 7.69. The first-order valence-corrected chi connectivity index (χ1v) is 10.6. The number of rotatable bonds is 2. The Kier molecular flexibility index (Phi) is 4.12. The smallest absolute Gasteiger partial charge is 0.163 e. The summed E-state index contributed by atoms with van der Waals surface area (Å²) in [6.07, 6.45) is 11.2. The minimum atomic E-state index is 0.729. The van der Waals surface area contributed by atoms with Crippen LogP contribution in [0.1, 0.15) is 43.0 Å². The molecule has 1 fully saturated rings. The van der Waals surface area contributed by atoms with Crippen molar-refractivity contribution in [3.05, 3.63) is 35.0 Å². The molecule has 0 amide bonds. The summed E-state index contributed by atoms with van der Waals surface area (Å²) >= 11 is 1.89. The SMILES string of the molecule is C[C@@H]1CCCN(c2nc(-c3ccncc3)nc3sc4c(c23)CCCC4)C1. The van der Waals surface area contributed by atoms with Gasteiger partial charge in [-0.1, -0.05) is 6.92 Å². The Balaban J connectivity index is 1.72. The molecule has 1 saturated heterocycles. The van der Waals surface area contributed by atoms with Gasteiger partial charge >= 0.3 is 0 Å². The summed E-state index contributed by atoms with van der Waals surface area (Å²) < 4.78 is 0. The molecule has 1 aliphatic heterocycles. The Morgan fingerprint density at radius 2 is 1.92 bits per heavy atom. The minimum absolute atomic E-state index is 0.729. The first-order chi connectivity index (χ1) is 12.8. The zero-order valence-electron chi connectivity index (χ0n) is 15.2. The predicted octanol–water partition coefficient (Wildman–Crippen LogP) is 4.87. The fourth-order valence-corrected chi connectivity index (χ4v) is 5.63.